The molecule has 0 bridgehead atoms. The second kappa shape index (κ2) is 7.82. The number of nitrogens with zero attached hydrogens (tertiary/aromatic N) is 2. The standard InChI is InChI=1S/C17H31N3/c1-4-10-18-13-15-8-7-14(15)12-16-9-11-20(19-16)17(5-2)6-3/h9,11,14-15,17-18H,4-8,10,12-13H2,1-3H3. The summed E-state index contributed by atoms with van der Waals surface area (Å²) in [5.74, 6) is 1.73. The third-order valence-corrected chi connectivity index (χ3v) is 4.86. The van der Waals surface area contributed by atoms with Crippen LogP contribution in [0.25, 0.3) is 0 Å². The van der Waals surface area contributed by atoms with Crippen LogP contribution in [0.4, 0.5) is 0 Å². The Morgan fingerprint density at radius 2 is 2.00 bits per heavy atom. The molecule has 1 saturated carbocycles. The summed E-state index contributed by atoms with van der Waals surface area (Å²) in [4.78, 5) is 0. The van der Waals surface area contributed by atoms with Crippen molar-refractivity contribution in [2.45, 2.75) is 65.3 Å². The lowest BCUT2D eigenvalue weighted by molar-refractivity contribution is 0.169. The average molecular weight is 277 g/mol. The minimum Gasteiger partial charge on any atom is -0.316 e. The van der Waals surface area contributed by atoms with E-state index in [1.54, 1.807) is 0 Å². The first kappa shape index (κ1) is 15.6. The summed E-state index contributed by atoms with van der Waals surface area (Å²) in [5.41, 5.74) is 1.29. The summed E-state index contributed by atoms with van der Waals surface area (Å²) in [6.07, 6.45) is 9.71. The van der Waals surface area contributed by atoms with E-state index in [0.717, 1.165) is 18.4 Å². The van der Waals surface area contributed by atoms with Gasteiger partial charge >= 0.3 is 0 Å². The summed E-state index contributed by atoms with van der Waals surface area (Å²) in [7, 11) is 0. The Kier molecular flexibility index (Phi) is 6.08. The lowest BCUT2D eigenvalue weighted by Gasteiger charge is -2.36. The maximum Gasteiger partial charge on any atom is 0.0627 e. The zero-order valence-corrected chi connectivity index (χ0v) is 13.4. The normalized spacial score (nSPS) is 22.2. The number of rotatable bonds is 9. The van der Waals surface area contributed by atoms with Gasteiger partial charge in [0, 0.05) is 6.20 Å². The van der Waals surface area contributed by atoms with Crippen LogP contribution < -0.4 is 5.32 Å². The fraction of sp³-hybridized carbons (Fsp3) is 0.824. The topological polar surface area (TPSA) is 29.9 Å². The molecule has 0 radical (unpaired) electrons. The van der Waals surface area contributed by atoms with Crippen LogP contribution in [0.5, 0.6) is 0 Å². The van der Waals surface area contributed by atoms with Gasteiger partial charge in [-0.25, -0.2) is 0 Å². The van der Waals surface area contributed by atoms with E-state index < -0.39 is 0 Å². The second-order valence-corrected chi connectivity index (χ2v) is 6.26. The molecule has 3 nitrogen and oxygen atoms in total. The third-order valence-electron chi connectivity index (χ3n) is 4.86. The van der Waals surface area contributed by atoms with Crippen molar-refractivity contribution in [3.63, 3.8) is 0 Å². The van der Waals surface area contributed by atoms with Crippen LogP contribution in [0.1, 0.15) is 64.6 Å². The van der Waals surface area contributed by atoms with Crippen molar-refractivity contribution in [3.8, 4) is 0 Å². The van der Waals surface area contributed by atoms with E-state index in [2.05, 4.69) is 43.0 Å². The second-order valence-electron chi connectivity index (χ2n) is 6.26. The summed E-state index contributed by atoms with van der Waals surface area (Å²) in [6.45, 7) is 9.09. The molecule has 1 fully saturated rings. The molecular formula is C17H31N3. The Hall–Kier alpha value is -0.830. The van der Waals surface area contributed by atoms with Gasteiger partial charge < -0.3 is 5.32 Å². The SMILES string of the molecule is CCCNCC1CCC1Cc1ccn(C(CC)CC)n1. The number of hydrogen-bond donors (Lipinski definition) is 1. The van der Waals surface area contributed by atoms with E-state index in [0.29, 0.717) is 6.04 Å². The minimum absolute atomic E-state index is 0.576. The maximum absolute atomic E-state index is 4.80. The monoisotopic (exact) mass is 277 g/mol. The van der Waals surface area contributed by atoms with Crippen molar-refractivity contribution in [2.75, 3.05) is 13.1 Å². The Morgan fingerprint density at radius 1 is 1.25 bits per heavy atom. The quantitative estimate of drug-likeness (QED) is 0.696. The van der Waals surface area contributed by atoms with Crippen molar-refractivity contribution >= 4 is 0 Å². The van der Waals surface area contributed by atoms with Crippen LogP contribution >= 0.6 is 0 Å². The van der Waals surface area contributed by atoms with Crippen LogP contribution in [0.15, 0.2) is 12.3 Å². The van der Waals surface area contributed by atoms with Crippen molar-refractivity contribution < 1.29 is 0 Å². The average Bonchev–Trinajstić information content (AvgIpc) is 2.90. The number of hydrogen-bond acceptors (Lipinski definition) is 2. The first-order valence-corrected chi connectivity index (χ1v) is 8.53. The predicted molar refractivity (Wildman–Crippen MR) is 84.9 cm³/mol. The Balaban J connectivity index is 1.81. The van der Waals surface area contributed by atoms with Crippen LogP contribution in [0.3, 0.4) is 0 Å². The fourth-order valence-electron chi connectivity index (χ4n) is 3.26. The lowest BCUT2D eigenvalue weighted by atomic mass is 9.71. The summed E-state index contributed by atoms with van der Waals surface area (Å²) in [6, 6.07) is 2.81. The predicted octanol–water partition coefficient (Wildman–Crippen LogP) is 3.81. The molecule has 0 aromatic carbocycles. The van der Waals surface area contributed by atoms with Crippen LogP contribution in [-0.4, -0.2) is 22.9 Å². The van der Waals surface area contributed by atoms with Crippen molar-refractivity contribution in [1.29, 1.82) is 0 Å². The van der Waals surface area contributed by atoms with E-state index in [4.69, 9.17) is 5.10 Å². The highest BCUT2D eigenvalue weighted by Crippen LogP contribution is 2.36. The van der Waals surface area contributed by atoms with Gasteiger partial charge in [0.05, 0.1) is 11.7 Å². The molecule has 1 aliphatic rings. The Bertz CT molecular complexity index is 381. The van der Waals surface area contributed by atoms with E-state index in [9.17, 15) is 0 Å². The Morgan fingerprint density at radius 3 is 2.60 bits per heavy atom. The smallest absolute Gasteiger partial charge is 0.0627 e. The Labute approximate surface area is 124 Å². The molecule has 2 rings (SSSR count). The van der Waals surface area contributed by atoms with Gasteiger partial charge in [-0.3, -0.25) is 4.68 Å². The molecule has 0 spiro atoms. The van der Waals surface area contributed by atoms with Crippen LogP contribution in [0.2, 0.25) is 0 Å². The number of nitrogens with one attached hydrogen (secondary N) is 1. The first-order valence-electron chi connectivity index (χ1n) is 8.53. The van der Waals surface area contributed by atoms with Gasteiger partial charge in [0.15, 0.2) is 0 Å². The van der Waals surface area contributed by atoms with Gasteiger partial charge in [-0.2, -0.15) is 5.10 Å². The molecule has 114 valence electrons. The first-order chi connectivity index (χ1) is 9.78. The number of aromatic nitrogens is 2. The highest BCUT2D eigenvalue weighted by atomic mass is 15.3. The molecule has 3 heteroatoms. The summed E-state index contributed by atoms with van der Waals surface area (Å²) >= 11 is 0. The zero-order valence-electron chi connectivity index (χ0n) is 13.4. The molecule has 2 unspecified atom stereocenters. The van der Waals surface area contributed by atoms with Gasteiger partial charge in [0.25, 0.3) is 0 Å². The molecule has 1 N–H and O–H groups in total. The summed E-state index contributed by atoms with van der Waals surface area (Å²) in [5, 5.41) is 8.37. The molecule has 0 aliphatic heterocycles. The molecule has 0 saturated heterocycles. The zero-order chi connectivity index (χ0) is 14.4. The fourth-order valence-corrected chi connectivity index (χ4v) is 3.26. The molecule has 20 heavy (non-hydrogen) atoms. The van der Waals surface area contributed by atoms with Gasteiger partial charge in [-0.15, -0.1) is 0 Å². The van der Waals surface area contributed by atoms with Crippen molar-refractivity contribution in [3.05, 3.63) is 18.0 Å². The largest absolute Gasteiger partial charge is 0.316 e. The minimum atomic E-state index is 0.576. The molecule has 1 aromatic heterocycles. The van der Waals surface area contributed by atoms with Gasteiger partial charge in [0.1, 0.15) is 0 Å². The van der Waals surface area contributed by atoms with Crippen LogP contribution in [0, 0.1) is 11.8 Å². The molecule has 2 atom stereocenters. The lowest BCUT2D eigenvalue weighted by Crippen LogP contribution is -2.36. The third kappa shape index (κ3) is 3.85. The van der Waals surface area contributed by atoms with E-state index in [-0.39, 0.29) is 0 Å². The van der Waals surface area contributed by atoms with Gasteiger partial charge in [-0.05, 0) is 69.5 Å². The molecule has 1 heterocycles. The van der Waals surface area contributed by atoms with Gasteiger partial charge in [-0.1, -0.05) is 20.8 Å². The van der Waals surface area contributed by atoms with Crippen molar-refractivity contribution in [1.82, 2.24) is 15.1 Å². The maximum atomic E-state index is 4.80. The van der Waals surface area contributed by atoms with E-state index in [1.165, 1.54) is 50.8 Å². The summed E-state index contributed by atoms with van der Waals surface area (Å²) < 4.78 is 2.18. The highest BCUT2D eigenvalue weighted by molar-refractivity contribution is 5.03. The van der Waals surface area contributed by atoms with Gasteiger partial charge in [0.2, 0.25) is 0 Å². The molecule has 1 aromatic rings. The van der Waals surface area contributed by atoms with Crippen LogP contribution in [-0.2, 0) is 6.42 Å². The van der Waals surface area contributed by atoms with Crippen molar-refractivity contribution in [2.24, 2.45) is 11.8 Å². The molecule has 0 amide bonds. The molecule has 1 aliphatic carbocycles. The van der Waals surface area contributed by atoms with E-state index in [1.807, 2.05) is 0 Å². The van der Waals surface area contributed by atoms with E-state index >= 15 is 0 Å². The highest BCUT2D eigenvalue weighted by Gasteiger charge is 2.30. The molecular weight excluding hydrogens is 246 g/mol.